The van der Waals surface area contributed by atoms with Gasteiger partial charge in [0, 0.05) is 67.6 Å². The fraction of sp³-hybridized carbons (Fsp3) is 0.320. The van der Waals surface area contributed by atoms with Crippen molar-refractivity contribution in [3.8, 4) is 0 Å². The number of nitrogens with one attached hydrogen (secondary N) is 3. The zero-order chi connectivity index (χ0) is 20.8. The van der Waals surface area contributed by atoms with Crippen LogP contribution in [-0.4, -0.2) is 47.6 Å². The number of aromatic nitrogens is 2. The largest absolute Gasteiger partial charge is 0.384 e. The number of pyridine rings is 1. The van der Waals surface area contributed by atoms with Gasteiger partial charge in [0.2, 0.25) is 0 Å². The third kappa shape index (κ3) is 3.37. The summed E-state index contributed by atoms with van der Waals surface area (Å²) in [5.74, 6) is 0. The van der Waals surface area contributed by atoms with Crippen LogP contribution in [0.5, 0.6) is 0 Å². The predicted molar refractivity (Wildman–Crippen MR) is 127 cm³/mol. The second-order valence-electron chi connectivity index (χ2n) is 8.73. The van der Waals surface area contributed by atoms with Crippen molar-refractivity contribution in [3.63, 3.8) is 0 Å². The van der Waals surface area contributed by atoms with Crippen LogP contribution in [0.4, 0.5) is 11.4 Å². The van der Waals surface area contributed by atoms with Crippen LogP contribution in [0.2, 0.25) is 0 Å². The molecule has 0 amide bonds. The third-order valence-corrected chi connectivity index (χ3v) is 6.76. The summed E-state index contributed by atoms with van der Waals surface area (Å²) in [7, 11) is 0. The molecule has 0 aliphatic carbocycles. The molecule has 1 fully saturated rings. The van der Waals surface area contributed by atoms with E-state index in [0.717, 1.165) is 74.3 Å². The molecule has 4 aromatic rings. The van der Waals surface area contributed by atoms with Crippen LogP contribution in [0, 0.1) is 0 Å². The molecule has 4 heterocycles. The summed E-state index contributed by atoms with van der Waals surface area (Å²) in [6, 6.07) is 15.3. The van der Waals surface area contributed by atoms with Gasteiger partial charge in [-0.3, -0.25) is 9.69 Å². The highest BCUT2D eigenvalue weighted by atomic mass is 16.1. The molecule has 6 nitrogen and oxygen atoms in total. The second kappa shape index (κ2) is 7.46. The lowest BCUT2D eigenvalue weighted by Gasteiger charge is -2.36. The van der Waals surface area contributed by atoms with Gasteiger partial charge in [0.1, 0.15) is 0 Å². The second-order valence-corrected chi connectivity index (χ2v) is 8.73. The zero-order valence-corrected chi connectivity index (χ0v) is 17.6. The fourth-order valence-electron chi connectivity index (χ4n) is 5.06. The number of anilines is 2. The maximum Gasteiger partial charge on any atom is 0.253 e. The molecule has 2 aliphatic rings. The molecule has 1 saturated heterocycles. The highest BCUT2D eigenvalue weighted by Crippen LogP contribution is 2.28. The zero-order valence-electron chi connectivity index (χ0n) is 17.6. The molecule has 0 saturated carbocycles. The lowest BCUT2D eigenvalue weighted by molar-refractivity contribution is 0.250. The molecular weight excluding hydrogens is 386 g/mol. The van der Waals surface area contributed by atoms with Gasteiger partial charge in [0.15, 0.2) is 0 Å². The van der Waals surface area contributed by atoms with Gasteiger partial charge in [-0.2, -0.15) is 0 Å². The van der Waals surface area contributed by atoms with Crippen molar-refractivity contribution < 1.29 is 0 Å². The van der Waals surface area contributed by atoms with Crippen LogP contribution in [0.15, 0.2) is 53.5 Å². The van der Waals surface area contributed by atoms with Crippen LogP contribution in [0.25, 0.3) is 21.8 Å². The first-order valence-corrected chi connectivity index (χ1v) is 11.2. The quantitative estimate of drug-likeness (QED) is 0.479. The van der Waals surface area contributed by atoms with Crippen molar-refractivity contribution in [3.05, 3.63) is 70.1 Å². The van der Waals surface area contributed by atoms with Gasteiger partial charge >= 0.3 is 0 Å². The number of fused-ring (bicyclic) bond motifs is 4. The summed E-state index contributed by atoms with van der Waals surface area (Å²) in [4.78, 5) is 23.9. The van der Waals surface area contributed by atoms with E-state index in [9.17, 15) is 4.79 Å². The van der Waals surface area contributed by atoms with E-state index in [0.29, 0.717) is 0 Å². The fourth-order valence-corrected chi connectivity index (χ4v) is 5.06. The lowest BCUT2D eigenvalue weighted by atomic mass is 10.0. The van der Waals surface area contributed by atoms with Crippen LogP contribution < -0.4 is 15.8 Å². The highest BCUT2D eigenvalue weighted by Gasteiger charge is 2.19. The summed E-state index contributed by atoms with van der Waals surface area (Å²) in [6.07, 6.45) is 3.87. The van der Waals surface area contributed by atoms with Crippen LogP contribution in [-0.2, 0) is 13.0 Å². The molecule has 6 rings (SSSR count). The lowest BCUT2D eigenvalue weighted by Crippen LogP contribution is -2.45. The van der Waals surface area contributed by atoms with E-state index < -0.39 is 0 Å². The molecule has 0 radical (unpaired) electrons. The minimum Gasteiger partial charge on any atom is -0.384 e. The standard InChI is InChI=1S/C25H27N5O/c31-25-21-2-1-8-27-24(21)20-6-3-17(14-23(20)28-25)16-29-10-12-30(13-11-29)19-5-4-18-7-9-26-22(18)15-19/h3-7,9,14-15,26-27H,1-2,8,10-13,16H2,(H,28,31). The van der Waals surface area contributed by atoms with E-state index in [2.05, 4.69) is 67.5 Å². The molecule has 158 valence electrons. The summed E-state index contributed by atoms with van der Waals surface area (Å²) in [5.41, 5.74) is 6.66. The van der Waals surface area contributed by atoms with Crippen molar-refractivity contribution in [2.75, 3.05) is 42.9 Å². The predicted octanol–water partition coefficient (Wildman–Crippen LogP) is 3.69. The minimum absolute atomic E-state index is 0.0551. The Morgan fingerprint density at radius 3 is 2.74 bits per heavy atom. The van der Waals surface area contributed by atoms with E-state index in [1.54, 1.807) is 0 Å². The van der Waals surface area contributed by atoms with Crippen molar-refractivity contribution in [2.45, 2.75) is 19.4 Å². The Bertz CT molecular complexity index is 1310. The first-order valence-electron chi connectivity index (χ1n) is 11.2. The van der Waals surface area contributed by atoms with Crippen molar-refractivity contribution in [1.82, 2.24) is 14.9 Å². The normalized spacial score (nSPS) is 17.1. The average molecular weight is 414 g/mol. The Morgan fingerprint density at radius 2 is 1.84 bits per heavy atom. The maximum absolute atomic E-state index is 12.5. The molecule has 2 aromatic carbocycles. The first kappa shape index (κ1) is 18.5. The molecule has 6 heteroatoms. The van der Waals surface area contributed by atoms with Crippen molar-refractivity contribution >= 4 is 33.2 Å². The van der Waals surface area contributed by atoms with Gasteiger partial charge in [0.25, 0.3) is 5.56 Å². The summed E-state index contributed by atoms with van der Waals surface area (Å²) in [5, 5.41) is 5.82. The van der Waals surface area contributed by atoms with E-state index in [-0.39, 0.29) is 5.56 Å². The number of H-pyrrole nitrogens is 2. The average Bonchev–Trinajstić information content (AvgIpc) is 3.28. The van der Waals surface area contributed by atoms with Crippen molar-refractivity contribution in [2.24, 2.45) is 0 Å². The molecular formula is C25H27N5O. The van der Waals surface area contributed by atoms with E-state index in [4.69, 9.17) is 0 Å². The molecule has 0 atom stereocenters. The van der Waals surface area contributed by atoms with Gasteiger partial charge in [0.05, 0.1) is 11.2 Å². The molecule has 31 heavy (non-hydrogen) atoms. The SMILES string of the molecule is O=c1[nH]c2cc(CN3CCN(c4ccc5cc[nH]c5c4)CC3)ccc2c2c1CCCN2. The molecule has 2 aliphatic heterocycles. The molecule has 0 bridgehead atoms. The number of hydrogen-bond acceptors (Lipinski definition) is 4. The number of nitrogens with zero attached hydrogens (tertiary/aromatic N) is 2. The van der Waals surface area contributed by atoms with Gasteiger partial charge < -0.3 is 20.2 Å². The van der Waals surface area contributed by atoms with Crippen molar-refractivity contribution in [1.29, 1.82) is 0 Å². The molecule has 0 unspecified atom stereocenters. The number of benzene rings is 2. The van der Waals surface area contributed by atoms with Crippen LogP contribution in [0.3, 0.4) is 0 Å². The topological polar surface area (TPSA) is 67.2 Å². The first-order chi connectivity index (χ1) is 15.2. The highest BCUT2D eigenvalue weighted by molar-refractivity contribution is 5.93. The Morgan fingerprint density at radius 1 is 0.935 bits per heavy atom. The van der Waals surface area contributed by atoms with Gasteiger partial charge in [-0.05, 0) is 48.1 Å². The Kier molecular flexibility index (Phi) is 4.46. The smallest absolute Gasteiger partial charge is 0.253 e. The summed E-state index contributed by atoms with van der Waals surface area (Å²) in [6.45, 7) is 5.95. The van der Waals surface area contributed by atoms with Gasteiger partial charge in [-0.15, -0.1) is 0 Å². The molecule has 3 N–H and O–H groups in total. The van der Waals surface area contributed by atoms with Gasteiger partial charge in [-0.1, -0.05) is 18.2 Å². The number of rotatable bonds is 3. The number of aromatic amines is 2. The Balaban J connectivity index is 1.17. The molecule has 2 aromatic heterocycles. The monoisotopic (exact) mass is 413 g/mol. The van der Waals surface area contributed by atoms with Crippen LogP contribution in [0.1, 0.15) is 17.5 Å². The maximum atomic E-state index is 12.5. The molecule has 0 spiro atoms. The van der Waals surface area contributed by atoms with E-state index >= 15 is 0 Å². The number of piperazine rings is 1. The summed E-state index contributed by atoms with van der Waals surface area (Å²) < 4.78 is 0. The third-order valence-electron chi connectivity index (χ3n) is 6.76. The summed E-state index contributed by atoms with van der Waals surface area (Å²) >= 11 is 0. The van der Waals surface area contributed by atoms with Crippen LogP contribution >= 0.6 is 0 Å². The van der Waals surface area contributed by atoms with E-state index in [1.807, 2.05) is 6.20 Å². The minimum atomic E-state index is 0.0551. The number of hydrogen-bond donors (Lipinski definition) is 3. The van der Waals surface area contributed by atoms with E-state index in [1.165, 1.54) is 22.2 Å². The van der Waals surface area contributed by atoms with Gasteiger partial charge in [-0.25, -0.2) is 0 Å². The Labute approximate surface area is 180 Å². The Hall–Kier alpha value is -3.25.